The van der Waals surface area contributed by atoms with Crippen LogP contribution in [0.2, 0.25) is 0 Å². The van der Waals surface area contributed by atoms with Crippen LogP contribution in [0, 0.1) is 6.92 Å². The number of carbonyl (C=O) groups is 2. The van der Waals surface area contributed by atoms with Crippen molar-refractivity contribution in [2.45, 2.75) is 33.2 Å². The summed E-state index contributed by atoms with van der Waals surface area (Å²) < 4.78 is 0. The van der Waals surface area contributed by atoms with Crippen molar-refractivity contribution in [3.8, 4) is 0 Å². The molecule has 3 rings (SSSR count). The van der Waals surface area contributed by atoms with E-state index in [-0.39, 0.29) is 29.1 Å². The summed E-state index contributed by atoms with van der Waals surface area (Å²) in [7, 11) is 0. The van der Waals surface area contributed by atoms with E-state index in [2.05, 4.69) is 29.5 Å². The van der Waals surface area contributed by atoms with E-state index in [1.807, 2.05) is 55.5 Å². The predicted molar refractivity (Wildman–Crippen MR) is 115 cm³/mol. The SMILES string of the molecule is Cc1ccc(CNC(=O)c2cccc(C(=O)Nc3ccccc3C(C)C)n2)cc1. The molecule has 0 spiro atoms. The Morgan fingerprint density at radius 3 is 2.21 bits per heavy atom. The molecular formula is C24H25N3O2. The monoisotopic (exact) mass is 387 g/mol. The zero-order valence-corrected chi connectivity index (χ0v) is 16.9. The molecule has 0 saturated carbocycles. The van der Waals surface area contributed by atoms with E-state index >= 15 is 0 Å². The molecule has 0 bridgehead atoms. The van der Waals surface area contributed by atoms with Crippen LogP contribution in [-0.4, -0.2) is 16.8 Å². The zero-order chi connectivity index (χ0) is 20.8. The highest BCUT2D eigenvalue weighted by molar-refractivity contribution is 6.04. The molecule has 2 aromatic carbocycles. The van der Waals surface area contributed by atoms with E-state index in [0.29, 0.717) is 6.54 Å². The van der Waals surface area contributed by atoms with Crippen molar-refractivity contribution in [2.24, 2.45) is 0 Å². The normalized spacial score (nSPS) is 10.6. The first-order valence-electron chi connectivity index (χ1n) is 9.65. The fourth-order valence-corrected chi connectivity index (χ4v) is 2.97. The topological polar surface area (TPSA) is 71.1 Å². The number of rotatable bonds is 6. The molecule has 0 atom stereocenters. The summed E-state index contributed by atoms with van der Waals surface area (Å²) in [6, 6.07) is 20.5. The molecule has 0 aliphatic rings. The second-order valence-corrected chi connectivity index (χ2v) is 7.27. The second-order valence-electron chi connectivity index (χ2n) is 7.27. The Kier molecular flexibility index (Phi) is 6.39. The molecule has 0 saturated heterocycles. The molecule has 2 amide bonds. The summed E-state index contributed by atoms with van der Waals surface area (Å²) in [6.07, 6.45) is 0. The molecule has 1 heterocycles. The van der Waals surface area contributed by atoms with E-state index in [0.717, 1.165) is 16.8 Å². The maximum absolute atomic E-state index is 12.7. The lowest BCUT2D eigenvalue weighted by atomic mass is 10.0. The third-order valence-electron chi connectivity index (χ3n) is 4.62. The van der Waals surface area contributed by atoms with Gasteiger partial charge in [-0.25, -0.2) is 4.98 Å². The van der Waals surface area contributed by atoms with E-state index in [4.69, 9.17) is 0 Å². The van der Waals surface area contributed by atoms with Crippen molar-refractivity contribution in [3.05, 3.63) is 94.8 Å². The average molecular weight is 387 g/mol. The highest BCUT2D eigenvalue weighted by atomic mass is 16.2. The molecule has 0 radical (unpaired) electrons. The number of aryl methyl sites for hydroxylation is 1. The molecule has 0 aliphatic carbocycles. The van der Waals surface area contributed by atoms with Gasteiger partial charge in [0.2, 0.25) is 0 Å². The molecule has 3 aromatic rings. The summed E-state index contributed by atoms with van der Waals surface area (Å²) in [5, 5.41) is 5.75. The van der Waals surface area contributed by atoms with Crippen LogP contribution in [0.3, 0.4) is 0 Å². The second kappa shape index (κ2) is 9.15. The van der Waals surface area contributed by atoms with Crippen molar-refractivity contribution >= 4 is 17.5 Å². The Morgan fingerprint density at radius 1 is 0.862 bits per heavy atom. The summed E-state index contributed by atoms with van der Waals surface area (Å²) in [4.78, 5) is 29.4. The number of para-hydroxylation sites is 1. The maximum atomic E-state index is 12.7. The minimum absolute atomic E-state index is 0.201. The van der Waals surface area contributed by atoms with Crippen molar-refractivity contribution < 1.29 is 9.59 Å². The van der Waals surface area contributed by atoms with Gasteiger partial charge in [0.25, 0.3) is 11.8 Å². The van der Waals surface area contributed by atoms with Crippen molar-refractivity contribution in [2.75, 3.05) is 5.32 Å². The molecule has 29 heavy (non-hydrogen) atoms. The van der Waals surface area contributed by atoms with E-state index in [1.54, 1.807) is 18.2 Å². The molecule has 2 N–H and O–H groups in total. The fraction of sp³-hybridized carbons (Fsp3) is 0.208. The van der Waals surface area contributed by atoms with Crippen LogP contribution in [0.5, 0.6) is 0 Å². The number of nitrogens with one attached hydrogen (secondary N) is 2. The van der Waals surface area contributed by atoms with Crippen LogP contribution < -0.4 is 10.6 Å². The molecule has 0 fully saturated rings. The van der Waals surface area contributed by atoms with Crippen LogP contribution in [0.15, 0.2) is 66.7 Å². The predicted octanol–water partition coefficient (Wildman–Crippen LogP) is 4.70. The molecular weight excluding hydrogens is 362 g/mol. The van der Waals surface area contributed by atoms with Gasteiger partial charge in [0, 0.05) is 12.2 Å². The average Bonchev–Trinajstić information content (AvgIpc) is 2.73. The lowest BCUT2D eigenvalue weighted by Crippen LogP contribution is -2.25. The van der Waals surface area contributed by atoms with Gasteiger partial charge in [-0.15, -0.1) is 0 Å². The standard InChI is InChI=1S/C24H25N3O2/c1-16(2)19-7-4-5-8-20(19)27-24(29)22-10-6-9-21(26-22)23(28)25-15-18-13-11-17(3)12-14-18/h4-14,16H,15H2,1-3H3,(H,25,28)(H,27,29). The third-order valence-corrected chi connectivity index (χ3v) is 4.62. The number of carbonyl (C=O) groups excluding carboxylic acids is 2. The van der Waals surface area contributed by atoms with Gasteiger partial charge in [-0.2, -0.15) is 0 Å². The van der Waals surface area contributed by atoms with Crippen molar-refractivity contribution in [1.82, 2.24) is 10.3 Å². The van der Waals surface area contributed by atoms with Gasteiger partial charge in [-0.3, -0.25) is 9.59 Å². The fourth-order valence-electron chi connectivity index (χ4n) is 2.97. The summed E-state index contributed by atoms with van der Waals surface area (Å²) in [5.74, 6) is -0.382. The number of aromatic nitrogens is 1. The molecule has 5 heteroatoms. The van der Waals surface area contributed by atoms with E-state index in [1.165, 1.54) is 5.56 Å². The highest BCUT2D eigenvalue weighted by Crippen LogP contribution is 2.24. The molecule has 5 nitrogen and oxygen atoms in total. The number of nitrogens with zero attached hydrogens (tertiary/aromatic N) is 1. The quantitative estimate of drug-likeness (QED) is 0.644. The number of hydrogen-bond acceptors (Lipinski definition) is 3. The Balaban J connectivity index is 1.69. The van der Waals surface area contributed by atoms with Crippen LogP contribution >= 0.6 is 0 Å². The Morgan fingerprint density at radius 2 is 1.52 bits per heavy atom. The number of amides is 2. The number of benzene rings is 2. The van der Waals surface area contributed by atoms with E-state index < -0.39 is 0 Å². The van der Waals surface area contributed by atoms with Crippen LogP contribution in [0.25, 0.3) is 0 Å². The minimum Gasteiger partial charge on any atom is -0.347 e. The van der Waals surface area contributed by atoms with Crippen LogP contribution in [0.1, 0.15) is 57.4 Å². The first-order chi connectivity index (χ1) is 13.9. The highest BCUT2D eigenvalue weighted by Gasteiger charge is 2.14. The largest absolute Gasteiger partial charge is 0.347 e. The summed E-state index contributed by atoms with van der Waals surface area (Å²) in [6.45, 7) is 6.56. The first kappa shape index (κ1) is 20.3. The van der Waals surface area contributed by atoms with E-state index in [9.17, 15) is 9.59 Å². The van der Waals surface area contributed by atoms with Crippen LogP contribution in [0.4, 0.5) is 5.69 Å². The smallest absolute Gasteiger partial charge is 0.274 e. The molecule has 0 aliphatic heterocycles. The van der Waals surface area contributed by atoms with Gasteiger partial charge in [-0.05, 0) is 42.2 Å². The van der Waals surface area contributed by atoms with Gasteiger partial charge < -0.3 is 10.6 Å². The lowest BCUT2D eigenvalue weighted by molar-refractivity contribution is 0.0945. The van der Waals surface area contributed by atoms with Gasteiger partial charge in [0.05, 0.1) is 0 Å². The zero-order valence-electron chi connectivity index (χ0n) is 16.9. The maximum Gasteiger partial charge on any atom is 0.274 e. The van der Waals surface area contributed by atoms with Gasteiger partial charge in [0.1, 0.15) is 11.4 Å². The Labute approximate surface area is 171 Å². The van der Waals surface area contributed by atoms with Gasteiger partial charge in [0.15, 0.2) is 0 Å². The number of anilines is 1. The van der Waals surface area contributed by atoms with Crippen LogP contribution in [-0.2, 0) is 6.54 Å². The lowest BCUT2D eigenvalue weighted by Gasteiger charge is -2.13. The summed E-state index contributed by atoms with van der Waals surface area (Å²) in [5.41, 5.74) is 4.38. The van der Waals surface area contributed by atoms with Crippen molar-refractivity contribution in [1.29, 1.82) is 0 Å². The number of pyridine rings is 1. The van der Waals surface area contributed by atoms with Gasteiger partial charge >= 0.3 is 0 Å². The first-order valence-corrected chi connectivity index (χ1v) is 9.65. The Hall–Kier alpha value is -3.47. The van der Waals surface area contributed by atoms with Crippen molar-refractivity contribution in [3.63, 3.8) is 0 Å². The molecule has 148 valence electrons. The van der Waals surface area contributed by atoms with Gasteiger partial charge in [-0.1, -0.05) is 67.9 Å². The third kappa shape index (κ3) is 5.29. The summed E-state index contributed by atoms with van der Waals surface area (Å²) >= 11 is 0. The molecule has 0 unspecified atom stereocenters. The molecule has 1 aromatic heterocycles. The minimum atomic E-state index is -0.341. The Bertz CT molecular complexity index is 1010. The number of hydrogen-bond donors (Lipinski definition) is 2.